The molecule has 0 bridgehead atoms. The summed E-state index contributed by atoms with van der Waals surface area (Å²) in [6.07, 6.45) is 5.37. The summed E-state index contributed by atoms with van der Waals surface area (Å²) in [5, 5.41) is 6.31. The highest BCUT2D eigenvalue weighted by atomic mass is 32.2. The summed E-state index contributed by atoms with van der Waals surface area (Å²) < 4.78 is 25.3. The molecule has 0 aliphatic carbocycles. The third kappa shape index (κ3) is 6.86. The van der Waals surface area contributed by atoms with Crippen molar-refractivity contribution in [1.82, 2.24) is 19.6 Å². The summed E-state index contributed by atoms with van der Waals surface area (Å²) in [4.78, 5) is 22.2. The summed E-state index contributed by atoms with van der Waals surface area (Å²) in [6.45, 7) is 1.96. The van der Waals surface area contributed by atoms with Crippen LogP contribution in [0.4, 0.5) is 5.82 Å². The minimum Gasteiger partial charge on any atom is -0.369 e. The van der Waals surface area contributed by atoms with Crippen molar-refractivity contribution in [3.8, 4) is 11.3 Å². The Kier molecular flexibility index (Phi) is 8.09. The van der Waals surface area contributed by atoms with Gasteiger partial charge in [-0.15, -0.1) is 0 Å². The van der Waals surface area contributed by atoms with Gasteiger partial charge in [0, 0.05) is 50.1 Å². The number of pyridine rings is 2. The average Bonchev–Trinajstić information content (AvgIpc) is 2.88. The number of nitrogens with one attached hydrogen (secondary N) is 2. The van der Waals surface area contributed by atoms with Gasteiger partial charge in [-0.25, -0.2) is 17.7 Å². The lowest BCUT2D eigenvalue weighted by Crippen LogP contribution is -2.43. The number of benzene rings is 1. The molecule has 0 spiro atoms. The van der Waals surface area contributed by atoms with Crippen LogP contribution in [0.3, 0.4) is 0 Å². The molecule has 3 aromatic rings. The maximum absolute atomic E-state index is 13.1. The summed E-state index contributed by atoms with van der Waals surface area (Å²) >= 11 is 0. The highest BCUT2D eigenvalue weighted by Crippen LogP contribution is 2.23. The molecular weight excluding hydrogens is 462 g/mol. The van der Waals surface area contributed by atoms with Crippen LogP contribution in [-0.2, 0) is 16.4 Å². The molecule has 1 fully saturated rings. The van der Waals surface area contributed by atoms with Crippen molar-refractivity contribution in [2.45, 2.75) is 19.3 Å². The molecule has 35 heavy (non-hydrogen) atoms. The van der Waals surface area contributed by atoms with Crippen LogP contribution in [0.5, 0.6) is 0 Å². The zero-order valence-corrected chi connectivity index (χ0v) is 20.7. The Morgan fingerprint density at radius 2 is 1.89 bits per heavy atom. The number of carbonyl (C=O) groups is 1. The zero-order chi connectivity index (χ0) is 24.7. The maximum Gasteiger partial charge on any atom is 0.255 e. The van der Waals surface area contributed by atoms with Crippen LogP contribution < -0.4 is 10.6 Å². The van der Waals surface area contributed by atoms with E-state index in [0.717, 1.165) is 29.8 Å². The van der Waals surface area contributed by atoms with E-state index in [1.165, 1.54) is 10.6 Å². The van der Waals surface area contributed by atoms with E-state index in [1.807, 2.05) is 54.6 Å². The molecule has 184 valence electrons. The van der Waals surface area contributed by atoms with E-state index < -0.39 is 10.0 Å². The fraction of sp³-hybridized carbons (Fsp3) is 0.346. The molecule has 4 rings (SSSR count). The van der Waals surface area contributed by atoms with Crippen molar-refractivity contribution in [2.75, 3.05) is 37.8 Å². The molecule has 2 N–H and O–H groups in total. The predicted molar refractivity (Wildman–Crippen MR) is 138 cm³/mol. The largest absolute Gasteiger partial charge is 0.369 e. The number of hydrogen-bond donors (Lipinski definition) is 2. The van der Waals surface area contributed by atoms with Gasteiger partial charge in [-0.3, -0.25) is 9.78 Å². The molecule has 1 aliphatic rings. The van der Waals surface area contributed by atoms with Crippen molar-refractivity contribution < 1.29 is 13.2 Å². The third-order valence-electron chi connectivity index (χ3n) is 6.11. The van der Waals surface area contributed by atoms with Gasteiger partial charge in [-0.2, -0.15) is 0 Å². The Morgan fingerprint density at radius 3 is 2.63 bits per heavy atom. The van der Waals surface area contributed by atoms with E-state index in [9.17, 15) is 13.2 Å². The summed E-state index contributed by atoms with van der Waals surface area (Å²) in [6, 6.07) is 19.3. The Labute approximate surface area is 206 Å². The highest BCUT2D eigenvalue weighted by molar-refractivity contribution is 7.88. The monoisotopic (exact) mass is 493 g/mol. The molecule has 1 saturated heterocycles. The lowest BCUT2D eigenvalue weighted by molar-refractivity contribution is 0.0942. The molecule has 1 aromatic carbocycles. The van der Waals surface area contributed by atoms with Crippen LogP contribution in [0.1, 0.15) is 28.9 Å². The highest BCUT2D eigenvalue weighted by Gasteiger charge is 2.26. The second kappa shape index (κ2) is 11.4. The minimum atomic E-state index is -3.23. The number of piperidine rings is 1. The number of hydrogen-bond acceptors (Lipinski definition) is 6. The quantitative estimate of drug-likeness (QED) is 0.474. The second-order valence-electron chi connectivity index (χ2n) is 8.80. The summed E-state index contributed by atoms with van der Waals surface area (Å²) in [7, 11) is -3.23. The van der Waals surface area contributed by atoms with Gasteiger partial charge in [0.25, 0.3) is 5.91 Å². The molecular formula is C26H31N5O3S. The van der Waals surface area contributed by atoms with Crippen LogP contribution >= 0.6 is 0 Å². The van der Waals surface area contributed by atoms with Gasteiger partial charge in [-0.05, 0) is 43.0 Å². The topological polar surface area (TPSA) is 104 Å². The first-order valence-electron chi connectivity index (χ1n) is 11.8. The lowest BCUT2D eigenvalue weighted by Gasteiger charge is -2.31. The van der Waals surface area contributed by atoms with Crippen molar-refractivity contribution in [1.29, 1.82) is 0 Å². The van der Waals surface area contributed by atoms with E-state index in [1.54, 1.807) is 12.3 Å². The number of anilines is 1. The van der Waals surface area contributed by atoms with E-state index in [4.69, 9.17) is 4.98 Å². The van der Waals surface area contributed by atoms with Gasteiger partial charge in [0.05, 0.1) is 17.5 Å². The Hall–Kier alpha value is -3.30. The van der Waals surface area contributed by atoms with E-state index in [0.29, 0.717) is 44.0 Å². The normalized spacial score (nSPS) is 16.5. The van der Waals surface area contributed by atoms with Gasteiger partial charge < -0.3 is 10.6 Å². The predicted octanol–water partition coefficient (Wildman–Crippen LogP) is 3.20. The van der Waals surface area contributed by atoms with Crippen LogP contribution in [-0.4, -0.2) is 61.0 Å². The second-order valence-corrected chi connectivity index (χ2v) is 10.8. The summed E-state index contributed by atoms with van der Waals surface area (Å²) in [5.41, 5.74) is 3.16. The van der Waals surface area contributed by atoms with Crippen LogP contribution in [0.25, 0.3) is 11.3 Å². The van der Waals surface area contributed by atoms with Crippen LogP contribution in [0, 0.1) is 5.92 Å². The molecule has 0 radical (unpaired) electrons. The fourth-order valence-corrected chi connectivity index (χ4v) is 5.17. The Morgan fingerprint density at radius 1 is 1.09 bits per heavy atom. The maximum atomic E-state index is 13.1. The number of rotatable bonds is 9. The molecule has 8 nitrogen and oxygen atoms in total. The first-order valence-corrected chi connectivity index (χ1v) is 13.7. The lowest BCUT2D eigenvalue weighted by atomic mass is 9.99. The van der Waals surface area contributed by atoms with Crippen molar-refractivity contribution >= 4 is 21.7 Å². The number of aromatic nitrogens is 2. The molecule has 1 amide bonds. The van der Waals surface area contributed by atoms with Crippen molar-refractivity contribution in [3.05, 3.63) is 78.1 Å². The number of nitrogens with zero attached hydrogens (tertiary/aromatic N) is 3. The van der Waals surface area contributed by atoms with Crippen molar-refractivity contribution in [3.63, 3.8) is 0 Å². The molecule has 2 aromatic heterocycles. The smallest absolute Gasteiger partial charge is 0.255 e. The molecule has 1 aliphatic heterocycles. The van der Waals surface area contributed by atoms with Gasteiger partial charge in [0.15, 0.2) is 0 Å². The van der Waals surface area contributed by atoms with Crippen molar-refractivity contribution in [2.24, 2.45) is 5.92 Å². The number of carbonyl (C=O) groups excluding carboxylic acids is 1. The first-order chi connectivity index (χ1) is 16.9. The Bertz CT molecular complexity index is 1240. The Balaban J connectivity index is 1.47. The zero-order valence-electron chi connectivity index (χ0n) is 19.9. The van der Waals surface area contributed by atoms with Gasteiger partial charge in [0.1, 0.15) is 5.82 Å². The number of sulfonamides is 1. The molecule has 3 heterocycles. The minimum absolute atomic E-state index is 0.0829. The molecule has 1 atom stereocenters. The van der Waals surface area contributed by atoms with Crippen LogP contribution in [0.2, 0.25) is 0 Å². The average molecular weight is 494 g/mol. The fourth-order valence-electron chi connectivity index (χ4n) is 4.23. The number of amides is 1. The SMILES string of the molecule is CS(=O)(=O)N1CCCC(CNC(=O)c2ccc(-c3ccccc3)nc2NCCc2ccccn2)C1. The van der Waals surface area contributed by atoms with E-state index >= 15 is 0 Å². The van der Waals surface area contributed by atoms with E-state index in [2.05, 4.69) is 15.6 Å². The third-order valence-corrected chi connectivity index (χ3v) is 7.38. The first kappa shape index (κ1) is 24.8. The molecule has 9 heteroatoms. The van der Waals surface area contributed by atoms with Gasteiger partial charge >= 0.3 is 0 Å². The van der Waals surface area contributed by atoms with Gasteiger partial charge in [0.2, 0.25) is 10.0 Å². The van der Waals surface area contributed by atoms with E-state index in [-0.39, 0.29) is 11.8 Å². The van der Waals surface area contributed by atoms with Gasteiger partial charge in [-0.1, -0.05) is 36.4 Å². The standard InChI is InChI=1S/C26H31N5O3S/c1-35(33,34)31-17-7-8-20(19-31)18-29-26(32)23-12-13-24(21-9-3-2-4-10-21)30-25(23)28-16-14-22-11-5-6-15-27-22/h2-6,9-13,15,20H,7-8,14,16-19H2,1H3,(H,28,30)(H,29,32). The molecule has 0 saturated carbocycles. The molecule has 1 unspecified atom stereocenters. The summed E-state index contributed by atoms with van der Waals surface area (Å²) in [5.74, 6) is 0.370. The van der Waals surface area contributed by atoms with Crippen LogP contribution in [0.15, 0.2) is 66.9 Å².